The monoisotopic (exact) mass is 535 g/mol. The molecule has 0 radical (unpaired) electrons. The van der Waals surface area contributed by atoms with Gasteiger partial charge in [0.25, 0.3) is 5.91 Å². The molecular formula is C28H34FN7O3. The van der Waals surface area contributed by atoms with Crippen molar-refractivity contribution in [3.63, 3.8) is 0 Å². The number of aliphatic hydroxyl groups is 1. The molecule has 1 aliphatic rings. The molecule has 3 heterocycles. The van der Waals surface area contributed by atoms with Crippen LogP contribution in [0.5, 0.6) is 0 Å². The Morgan fingerprint density at radius 2 is 2.03 bits per heavy atom. The molecule has 1 fully saturated rings. The summed E-state index contributed by atoms with van der Waals surface area (Å²) in [5.41, 5.74) is 1.62. The zero-order valence-electron chi connectivity index (χ0n) is 22.4. The van der Waals surface area contributed by atoms with Crippen LogP contribution in [0.4, 0.5) is 10.1 Å². The Morgan fingerprint density at radius 1 is 1.26 bits per heavy atom. The van der Waals surface area contributed by atoms with Crippen LogP contribution < -0.4 is 16.0 Å². The summed E-state index contributed by atoms with van der Waals surface area (Å²) in [4.78, 5) is 29.3. The first-order chi connectivity index (χ1) is 18.6. The molecular weight excluding hydrogens is 501 g/mol. The number of pyridine rings is 1. The zero-order chi connectivity index (χ0) is 28.2. The second-order valence-corrected chi connectivity index (χ2v) is 10.6. The van der Waals surface area contributed by atoms with E-state index in [1.165, 1.54) is 26.2 Å². The molecule has 0 bridgehead atoms. The molecule has 1 atom stereocenters. The number of anilines is 1. The van der Waals surface area contributed by atoms with Crippen LogP contribution in [0, 0.1) is 17.2 Å². The third-order valence-electron chi connectivity index (χ3n) is 6.91. The Morgan fingerprint density at radius 3 is 2.72 bits per heavy atom. The van der Waals surface area contributed by atoms with Gasteiger partial charge in [0.15, 0.2) is 0 Å². The van der Waals surface area contributed by atoms with Gasteiger partial charge < -0.3 is 21.1 Å². The lowest BCUT2D eigenvalue weighted by molar-refractivity contribution is -0.121. The summed E-state index contributed by atoms with van der Waals surface area (Å²) in [5.74, 6) is -0.115. The quantitative estimate of drug-likeness (QED) is 0.295. The molecule has 39 heavy (non-hydrogen) atoms. The average Bonchev–Trinajstić information content (AvgIpc) is 3.31. The van der Waals surface area contributed by atoms with E-state index in [9.17, 15) is 19.1 Å². The van der Waals surface area contributed by atoms with Gasteiger partial charge in [-0.05, 0) is 63.3 Å². The van der Waals surface area contributed by atoms with Gasteiger partial charge in [0.05, 0.1) is 52.1 Å². The normalized spacial score (nSPS) is 17.6. The van der Waals surface area contributed by atoms with Crippen molar-refractivity contribution < 1.29 is 19.1 Å². The van der Waals surface area contributed by atoms with Crippen LogP contribution in [0.15, 0.2) is 36.7 Å². The first kappa shape index (κ1) is 28.0. The molecule has 0 aromatic carbocycles. The third kappa shape index (κ3) is 6.70. The van der Waals surface area contributed by atoms with Gasteiger partial charge in [-0.25, -0.2) is 8.91 Å². The standard InChI is InChI=1S/C28H34FN7O3/c1-4-5-26(37)32-13-17-8-19(9-17)35-22-11-23(24-7-6-20-10-18(12-30)14-34-36(20)24)31-15-21(22)27(38)33-16-25(29)28(2,3)39/h6-7,10-11,14-15,17,19,25,39H,4-5,8-9,13,16H2,1-3H3,(H,31,35)(H,32,37)(H,33,38)/t17-,19-,25-/m1/s1. The summed E-state index contributed by atoms with van der Waals surface area (Å²) in [6.07, 6.45) is 4.24. The van der Waals surface area contributed by atoms with Gasteiger partial charge in [0, 0.05) is 25.2 Å². The van der Waals surface area contributed by atoms with Crippen molar-refractivity contribution in [2.75, 3.05) is 18.4 Å². The lowest BCUT2D eigenvalue weighted by Crippen LogP contribution is -2.43. The number of fused-ring (bicyclic) bond motifs is 1. The predicted octanol–water partition coefficient (Wildman–Crippen LogP) is 3.21. The Bertz CT molecular complexity index is 1390. The minimum Gasteiger partial charge on any atom is -0.387 e. The first-order valence-corrected chi connectivity index (χ1v) is 13.1. The number of nitrogens with zero attached hydrogens (tertiary/aromatic N) is 4. The van der Waals surface area contributed by atoms with Crippen molar-refractivity contribution in [1.29, 1.82) is 5.26 Å². The second-order valence-electron chi connectivity index (χ2n) is 10.6. The van der Waals surface area contributed by atoms with Crippen LogP contribution in [0.1, 0.15) is 62.4 Å². The fraction of sp³-hybridized carbons (Fsp3) is 0.464. The maximum atomic E-state index is 14.3. The number of halogens is 1. The van der Waals surface area contributed by atoms with Crippen molar-refractivity contribution in [3.8, 4) is 17.5 Å². The minimum absolute atomic E-state index is 0.0544. The third-order valence-corrected chi connectivity index (χ3v) is 6.91. The van der Waals surface area contributed by atoms with E-state index in [0.717, 1.165) is 24.8 Å². The van der Waals surface area contributed by atoms with Gasteiger partial charge in [0.2, 0.25) is 5.91 Å². The lowest BCUT2D eigenvalue weighted by Gasteiger charge is -2.37. The van der Waals surface area contributed by atoms with Crippen molar-refractivity contribution >= 4 is 23.0 Å². The highest BCUT2D eigenvalue weighted by molar-refractivity contribution is 6.00. The van der Waals surface area contributed by atoms with E-state index in [-0.39, 0.29) is 24.1 Å². The first-order valence-electron chi connectivity index (χ1n) is 13.1. The van der Waals surface area contributed by atoms with E-state index in [4.69, 9.17) is 5.26 Å². The van der Waals surface area contributed by atoms with E-state index in [0.29, 0.717) is 41.5 Å². The Labute approximate surface area is 226 Å². The Hall–Kier alpha value is -4.04. The minimum atomic E-state index is -1.64. The molecule has 11 heteroatoms. The molecule has 0 spiro atoms. The summed E-state index contributed by atoms with van der Waals surface area (Å²) in [6, 6.07) is 9.32. The molecule has 0 unspecified atom stereocenters. The molecule has 1 aliphatic carbocycles. The van der Waals surface area contributed by atoms with Crippen LogP contribution in [0.25, 0.3) is 16.9 Å². The number of carbonyl (C=O) groups is 2. The maximum absolute atomic E-state index is 14.3. The molecule has 3 aromatic rings. The number of hydrogen-bond donors (Lipinski definition) is 4. The van der Waals surface area contributed by atoms with Crippen molar-refractivity contribution in [1.82, 2.24) is 25.2 Å². The highest BCUT2D eigenvalue weighted by atomic mass is 19.1. The van der Waals surface area contributed by atoms with Crippen LogP contribution in [0.3, 0.4) is 0 Å². The van der Waals surface area contributed by atoms with E-state index in [1.807, 2.05) is 19.1 Å². The van der Waals surface area contributed by atoms with E-state index in [2.05, 4.69) is 32.1 Å². The second kappa shape index (κ2) is 11.8. The molecule has 10 nitrogen and oxygen atoms in total. The number of amides is 2. The number of rotatable bonds is 11. The predicted molar refractivity (Wildman–Crippen MR) is 145 cm³/mol. The van der Waals surface area contributed by atoms with E-state index in [1.54, 1.807) is 16.6 Å². The van der Waals surface area contributed by atoms with Gasteiger partial charge in [-0.2, -0.15) is 10.4 Å². The summed E-state index contributed by atoms with van der Waals surface area (Å²) in [5, 5.41) is 32.3. The lowest BCUT2D eigenvalue weighted by atomic mass is 9.80. The zero-order valence-corrected chi connectivity index (χ0v) is 22.4. The summed E-state index contributed by atoms with van der Waals surface area (Å²) < 4.78 is 15.9. The highest BCUT2D eigenvalue weighted by Crippen LogP contribution is 2.32. The number of carbonyl (C=O) groups excluding carboxylic acids is 2. The molecule has 0 saturated heterocycles. The fourth-order valence-corrected chi connectivity index (χ4v) is 4.49. The largest absolute Gasteiger partial charge is 0.387 e. The van der Waals surface area contributed by atoms with Gasteiger partial charge in [0.1, 0.15) is 12.2 Å². The number of alkyl halides is 1. The number of aromatic nitrogens is 3. The van der Waals surface area contributed by atoms with Crippen molar-refractivity contribution in [2.45, 2.75) is 64.3 Å². The molecule has 4 rings (SSSR count). The van der Waals surface area contributed by atoms with Gasteiger partial charge in [-0.3, -0.25) is 14.6 Å². The Kier molecular flexibility index (Phi) is 8.45. The molecule has 1 saturated carbocycles. The number of nitriles is 1. The Balaban J connectivity index is 1.54. The van der Waals surface area contributed by atoms with Crippen molar-refractivity contribution in [2.24, 2.45) is 5.92 Å². The average molecular weight is 536 g/mol. The van der Waals surface area contributed by atoms with Gasteiger partial charge in [-0.1, -0.05) is 6.92 Å². The summed E-state index contributed by atoms with van der Waals surface area (Å²) in [7, 11) is 0. The van der Waals surface area contributed by atoms with Gasteiger partial charge >= 0.3 is 0 Å². The van der Waals surface area contributed by atoms with Crippen molar-refractivity contribution in [3.05, 3.63) is 47.8 Å². The van der Waals surface area contributed by atoms with Gasteiger partial charge in [-0.15, -0.1) is 0 Å². The van der Waals surface area contributed by atoms with E-state index < -0.39 is 17.7 Å². The highest BCUT2D eigenvalue weighted by Gasteiger charge is 2.31. The molecule has 3 aromatic heterocycles. The van der Waals surface area contributed by atoms with E-state index >= 15 is 0 Å². The van der Waals surface area contributed by atoms with Crippen LogP contribution in [-0.2, 0) is 4.79 Å². The van der Waals surface area contributed by atoms with Crippen LogP contribution in [0.2, 0.25) is 0 Å². The smallest absolute Gasteiger partial charge is 0.255 e. The SMILES string of the molecule is CCCC(=O)NC[C@H]1C[C@H](Nc2cc(-c3ccc4cc(C#N)cnn34)ncc2C(=O)NC[C@@H](F)C(C)(C)O)C1. The van der Waals surface area contributed by atoms with Crippen LogP contribution in [-0.4, -0.2) is 62.4 Å². The van der Waals surface area contributed by atoms with Crippen LogP contribution >= 0.6 is 0 Å². The fourth-order valence-electron chi connectivity index (χ4n) is 4.49. The topological polar surface area (TPSA) is 144 Å². The number of nitrogens with one attached hydrogen (secondary N) is 3. The maximum Gasteiger partial charge on any atom is 0.255 e. The molecule has 206 valence electrons. The molecule has 4 N–H and O–H groups in total. The summed E-state index contributed by atoms with van der Waals surface area (Å²) in [6.45, 7) is 4.93. The number of hydrogen-bond acceptors (Lipinski definition) is 7. The molecule has 2 amide bonds. The summed E-state index contributed by atoms with van der Waals surface area (Å²) >= 11 is 0. The molecule has 0 aliphatic heterocycles.